The Bertz CT molecular complexity index is 1070. The van der Waals surface area contributed by atoms with Crippen LogP contribution < -0.4 is 0 Å². The third-order valence-electron chi connectivity index (χ3n) is 5.76. The number of amides is 1. The van der Waals surface area contributed by atoms with Gasteiger partial charge in [-0.25, -0.2) is 4.79 Å². The predicted octanol–water partition coefficient (Wildman–Crippen LogP) is 4.52. The van der Waals surface area contributed by atoms with Crippen LogP contribution in [0.4, 0.5) is 0 Å². The first kappa shape index (κ1) is 20.4. The molecule has 1 aliphatic heterocycles. The highest BCUT2D eigenvalue weighted by Crippen LogP contribution is 2.38. The predicted molar refractivity (Wildman–Crippen MR) is 118 cm³/mol. The van der Waals surface area contributed by atoms with Crippen LogP contribution in [-0.2, 0) is 22.5 Å². The van der Waals surface area contributed by atoms with Crippen LogP contribution >= 0.6 is 11.3 Å². The molecule has 30 heavy (non-hydrogen) atoms. The fourth-order valence-corrected chi connectivity index (χ4v) is 5.17. The fraction of sp³-hybridized carbons (Fsp3) is 0.333. The van der Waals surface area contributed by atoms with Gasteiger partial charge in [0.1, 0.15) is 6.54 Å². The van der Waals surface area contributed by atoms with Crippen LogP contribution in [-0.4, -0.2) is 34.5 Å². The van der Waals surface area contributed by atoms with E-state index in [-0.39, 0.29) is 24.5 Å². The lowest BCUT2D eigenvalue weighted by atomic mass is 9.93. The Kier molecular flexibility index (Phi) is 5.77. The van der Waals surface area contributed by atoms with Gasteiger partial charge in [0.2, 0.25) is 5.91 Å². The molecule has 6 heteroatoms. The standard InChI is InChI=1S/C24H26N2O3S/c1-4-29-24(28)20-14-16(2)26(17(20)3)15-22(27)25-12-10-21-19(11-13-30-21)23(25)18-8-6-5-7-9-18/h5-9,11,13-14,23H,4,10,12,15H2,1-3H3/t23-/m1/s1. The molecule has 0 saturated carbocycles. The average Bonchev–Trinajstić information content (AvgIpc) is 3.33. The highest BCUT2D eigenvalue weighted by atomic mass is 32.1. The van der Waals surface area contributed by atoms with E-state index in [1.54, 1.807) is 18.3 Å². The molecule has 0 bridgehead atoms. The summed E-state index contributed by atoms with van der Waals surface area (Å²) in [6.07, 6.45) is 0.875. The van der Waals surface area contributed by atoms with Gasteiger partial charge in [-0.05, 0) is 55.8 Å². The maximum atomic E-state index is 13.5. The summed E-state index contributed by atoms with van der Waals surface area (Å²) >= 11 is 1.76. The number of hydrogen-bond acceptors (Lipinski definition) is 4. The van der Waals surface area contributed by atoms with Crippen LogP contribution in [0.1, 0.15) is 50.7 Å². The first-order valence-electron chi connectivity index (χ1n) is 10.3. The molecule has 1 amide bonds. The Morgan fingerprint density at radius 1 is 1.17 bits per heavy atom. The minimum Gasteiger partial charge on any atom is -0.462 e. The summed E-state index contributed by atoms with van der Waals surface area (Å²) in [5, 5.41) is 2.11. The van der Waals surface area contributed by atoms with Crippen LogP contribution in [0.15, 0.2) is 47.8 Å². The maximum absolute atomic E-state index is 13.5. The van der Waals surface area contributed by atoms with E-state index < -0.39 is 0 Å². The molecule has 0 fully saturated rings. The summed E-state index contributed by atoms with van der Waals surface area (Å²) in [5.41, 5.74) is 4.52. The molecule has 1 aliphatic rings. The number of hydrogen-bond donors (Lipinski definition) is 0. The number of esters is 1. The molecule has 0 saturated heterocycles. The lowest BCUT2D eigenvalue weighted by Gasteiger charge is -2.36. The number of carbonyl (C=O) groups is 2. The first-order valence-corrected chi connectivity index (χ1v) is 11.1. The molecule has 5 nitrogen and oxygen atoms in total. The van der Waals surface area contributed by atoms with Crippen molar-refractivity contribution in [2.24, 2.45) is 0 Å². The molecule has 1 aromatic carbocycles. The van der Waals surface area contributed by atoms with Crippen molar-refractivity contribution in [2.45, 2.75) is 39.8 Å². The number of rotatable bonds is 5. The van der Waals surface area contributed by atoms with E-state index in [0.29, 0.717) is 18.7 Å². The number of aromatic nitrogens is 1. The number of nitrogens with zero attached hydrogens (tertiary/aromatic N) is 2. The number of benzene rings is 1. The molecule has 0 spiro atoms. The molecule has 4 rings (SSSR count). The van der Waals surface area contributed by atoms with Crippen molar-refractivity contribution in [1.82, 2.24) is 9.47 Å². The number of carbonyl (C=O) groups excluding carboxylic acids is 2. The van der Waals surface area contributed by atoms with Gasteiger partial charge < -0.3 is 14.2 Å². The summed E-state index contributed by atoms with van der Waals surface area (Å²) in [5.74, 6) is -0.287. The highest BCUT2D eigenvalue weighted by Gasteiger charge is 2.33. The van der Waals surface area contributed by atoms with Crippen molar-refractivity contribution >= 4 is 23.2 Å². The lowest BCUT2D eigenvalue weighted by Crippen LogP contribution is -2.42. The molecule has 0 N–H and O–H groups in total. The van der Waals surface area contributed by atoms with Crippen LogP contribution in [0.3, 0.4) is 0 Å². The Balaban J connectivity index is 1.64. The largest absolute Gasteiger partial charge is 0.462 e. The van der Waals surface area contributed by atoms with E-state index in [1.165, 1.54) is 10.4 Å². The third-order valence-corrected chi connectivity index (χ3v) is 6.76. The zero-order chi connectivity index (χ0) is 21.3. The van der Waals surface area contributed by atoms with Gasteiger partial charge in [-0.15, -0.1) is 11.3 Å². The summed E-state index contributed by atoms with van der Waals surface area (Å²) in [6.45, 7) is 6.81. The van der Waals surface area contributed by atoms with Crippen molar-refractivity contribution in [3.63, 3.8) is 0 Å². The molecular formula is C24H26N2O3S. The van der Waals surface area contributed by atoms with Gasteiger partial charge in [0.25, 0.3) is 0 Å². The van der Waals surface area contributed by atoms with Crippen LogP contribution in [0.25, 0.3) is 0 Å². The number of thiophene rings is 1. The summed E-state index contributed by atoms with van der Waals surface area (Å²) < 4.78 is 7.07. The molecule has 156 valence electrons. The van der Waals surface area contributed by atoms with Crippen LogP contribution in [0.5, 0.6) is 0 Å². The van der Waals surface area contributed by atoms with Gasteiger partial charge in [-0.1, -0.05) is 30.3 Å². The third kappa shape index (κ3) is 3.67. The second-order valence-electron chi connectivity index (χ2n) is 7.54. The van der Waals surface area contributed by atoms with E-state index in [2.05, 4.69) is 23.6 Å². The van der Waals surface area contributed by atoms with Crippen molar-refractivity contribution in [2.75, 3.05) is 13.2 Å². The van der Waals surface area contributed by atoms with Crippen molar-refractivity contribution in [3.05, 3.63) is 80.8 Å². The van der Waals surface area contributed by atoms with Gasteiger partial charge in [-0.2, -0.15) is 0 Å². The monoisotopic (exact) mass is 422 g/mol. The molecule has 0 unspecified atom stereocenters. The SMILES string of the molecule is CCOC(=O)c1cc(C)n(CC(=O)N2CCc3sccc3[C@H]2c2ccccc2)c1C. The van der Waals surface area contributed by atoms with Gasteiger partial charge in [0, 0.05) is 22.8 Å². The normalized spacial score (nSPS) is 15.7. The molecule has 2 aromatic heterocycles. The van der Waals surface area contributed by atoms with Gasteiger partial charge in [-0.3, -0.25) is 4.79 Å². The topological polar surface area (TPSA) is 51.5 Å². The second kappa shape index (κ2) is 8.48. The van der Waals surface area contributed by atoms with Crippen LogP contribution in [0.2, 0.25) is 0 Å². The fourth-order valence-electron chi connectivity index (χ4n) is 4.27. The molecule has 1 atom stereocenters. The summed E-state index contributed by atoms with van der Waals surface area (Å²) in [6, 6.07) is 14.1. The summed E-state index contributed by atoms with van der Waals surface area (Å²) in [4.78, 5) is 29.1. The smallest absolute Gasteiger partial charge is 0.339 e. The van der Waals surface area contributed by atoms with E-state index in [1.807, 2.05) is 47.6 Å². The number of aryl methyl sites for hydroxylation is 1. The molecule has 0 radical (unpaired) electrons. The van der Waals surface area contributed by atoms with E-state index in [4.69, 9.17) is 4.74 Å². The zero-order valence-electron chi connectivity index (χ0n) is 17.6. The molecule has 3 heterocycles. The Labute approximate surface area is 180 Å². The number of ether oxygens (including phenoxy) is 1. The van der Waals surface area contributed by atoms with Gasteiger partial charge in [0.15, 0.2) is 0 Å². The van der Waals surface area contributed by atoms with Gasteiger partial charge >= 0.3 is 5.97 Å². The van der Waals surface area contributed by atoms with Crippen molar-refractivity contribution in [3.8, 4) is 0 Å². The van der Waals surface area contributed by atoms with E-state index in [9.17, 15) is 9.59 Å². The highest BCUT2D eigenvalue weighted by molar-refractivity contribution is 7.10. The Morgan fingerprint density at radius 3 is 2.67 bits per heavy atom. The van der Waals surface area contributed by atoms with Crippen LogP contribution in [0, 0.1) is 13.8 Å². The zero-order valence-corrected chi connectivity index (χ0v) is 18.4. The minimum absolute atomic E-state index is 0.0536. The first-order chi connectivity index (χ1) is 14.5. The van der Waals surface area contributed by atoms with E-state index >= 15 is 0 Å². The molecule has 0 aliphatic carbocycles. The quantitative estimate of drug-likeness (QED) is 0.568. The second-order valence-corrected chi connectivity index (χ2v) is 8.54. The van der Waals surface area contributed by atoms with Crippen molar-refractivity contribution < 1.29 is 14.3 Å². The Morgan fingerprint density at radius 2 is 1.93 bits per heavy atom. The maximum Gasteiger partial charge on any atom is 0.339 e. The van der Waals surface area contributed by atoms with Gasteiger partial charge in [0.05, 0.1) is 18.2 Å². The molecular weight excluding hydrogens is 396 g/mol. The minimum atomic E-state index is -0.340. The Hall–Kier alpha value is -2.86. The average molecular weight is 423 g/mol. The van der Waals surface area contributed by atoms with Crippen molar-refractivity contribution in [1.29, 1.82) is 0 Å². The number of fused-ring (bicyclic) bond motifs is 1. The summed E-state index contributed by atoms with van der Waals surface area (Å²) in [7, 11) is 0. The molecule has 3 aromatic rings. The van der Waals surface area contributed by atoms with E-state index in [0.717, 1.165) is 23.4 Å². The lowest BCUT2D eigenvalue weighted by molar-refractivity contribution is -0.134.